The van der Waals surface area contributed by atoms with Gasteiger partial charge in [-0.2, -0.15) is 5.26 Å². The fraction of sp³-hybridized carbons (Fsp3) is 0.423. The van der Waals surface area contributed by atoms with Crippen LogP contribution in [0.1, 0.15) is 68.0 Å². The number of aromatic amines is 2. The summed E-state index contributed by atoms with van der Waals surface area (Å²) in [6.07, 6.45) is 6.76. The molecule has 428 valence electrons. The molecule has 3 heterocycles. The molecule has 6 atom stereocenters. The van der Waals surface area contributed by atoms with E-state index in [-0.39, 0.29) is 80.6 Å². The van der Waals surface area contributed by atoms with Crippen LogP contribution in [0.3, 0.4) is 0 Å². The number of nitrogens with two attached hydrogens (primary N) is 3. The summed E-state index contributed by atoms with van der Waals surface area (Å²) in [6, 6.07) is 4.28. The van der Waals surface area contributed by atoms with Crippen LogP contribution in [0.15, 0.2) is 72.3 Å². The number of carbonyl (C=O) groups is 8. The second kappa shape index (κ2) is 30.5. The first-order valence-corrected chi connectivity index (χ1v) is 25.6. The number of fused-ring (bicyclic) bond motifs is 1. The van der Waals surface area contributed by atoms with Gasteiger partial charge in [0.2, 0.25) is 47.3 Å². The van der Waals surface area contributed by atoms with E-state index >= 15 is 0 Å². The van der Waals surface area contributed by atoms with E-state index in [4.69, 9.17) is 26.7 Å². The van der Waals surface area contributed by atoms with Crippen molar-refractivity contribution < 1.29 is 52.9 Å². The predicted octanol–water partition coefficient (Wildman–Crippen LogP) is -2.44. The smallest absolute Gasteiger partial charge is 0.252 e. The number of nitriles is 1. The van der Waals surface area contributed by atoms with Crippen molar-refractivity contribution in [3.8, 4) is 23.3 Å². The van der Waals surface area contributed by atoms with Gasteiger partial charge in [-0.25, -0.2) is 9.97 Å². The molecule has 0 bridgehead atoms. The minimum Gasteiger partial charge on any atom is -0.508 e. The molecule has 3 aromatic heterocycles. The van der Waals surface area contributed by atoms with Crippen LogP contribution in [0.4, 0.5) is 0 Å². The molecule has 28 nitrogen and oxygen atoms in total. The molecule has 5 aromatic rings. The maximum absolute atomic E-state index is 14.5. The Kier molecular flexibility index (Phi) is 23.5. The van der Waals surface area contributed by atoms with E-state index in [1.807, 2.05) is 6.07 Å². The number of amides is 8. The highest BCUT2D eigenvalue weighted by molar-refractivity contribution is 5.97. The highest BCUT2D eigenvalue weighted by atomic mass is 16.5. The topological polar surface area (TPSA) is 441 Å². The van der Waals surface area contributed by atoms with Crippen LogP contribution in [0.25, 0.3) is 10.9 Å². The maximum atomic E-state index is 14.5. The van der Waals surface area contributed by atoms with Crippen molar-refractivity contribution in [3.63, 3.8) is 0 Å². The Morgan fingerprint density at radius 3 is 1.86 bits per heavy atom. The van der Waals surface area contributed by atoms with Crippen molar-refractivity contribution >= 4 is 58.2 Å². The molecule has 0 saturated carbocycles. The summed E-state index contributed by atoms with van der Waals surface area (Å²) in [5, 5.41) is 38.5. The van der Waals surface area contributed by atoms with Crippen LogP contribution < -0.4 is 69.5 Å². The Balaban J connectivity index is 1.30. The van der Waals surface area contributed by atoms with Gasteiger partial charge in [-0.05, 0) is 75.8 Å². The maximum Gasteiger partial charge on any atom is 0.252 e. The van der Waals surface area contributed by atoms with E-state index in [1.54, 1.807) is 0 Å². The molecule has 0 saturated heterocycles. The van der Waals surface area contributed by atoms with Crippen molar-refractivity contribution in [2.45, 2.75) is 108 Å². The zero-order chi connectivity index (χ0) is 58.3. The molecule has 0 aliphatic heterocycles. The van der Waals surface area contributed by atoms with Crippen molar-refractivity contribution in [1.29, 1.82) is 5.26 Å². The number of ether oxygens (including phenoxy) is 2. The van der Waals surface area contributed by atoms with E-state index < -0.39 is 102 Å². The number of carbonyl (C=O) groups excluding carboxylic acids is 8. The van der Waals surface area contributed by atoms with Gasteiger partial charge in [-0.3, -0.25) is 47.7 Å². The number of hydrogen-bond donors (Lipinski definition) is 13. The molecule has 0 aliphatic rings. The molecular weight excluding hydrogens is 1040 g/mol. The number of rotatable bonds is 32. The lowest BCUT2D eigenvalue weighted by molar-refractivity contribution is -0.135. The third kappa shape index (κ3) is 18.4. The monoisotopic (exact) mass is 1110 g/mol. The molecule has 2 aromatic carbocycles. The van der Waals surface area contributed by atoms with Gasteiger partial charge >= 0.3 is 0 Å². The van der Waals surface area contributed by atoms with Crippen molar-refractivity contribution in [1.82, 2.24) is 61.7 Å². The number of nitrogens with zero attached hydrogens (tertiary/aromatic N) is 4. The zero-order valence-electron chi connectivity index (χ0n) is 44.5. The van der Waals surface area contributed by atoms with Gasteiger partial charge in [-0.1, -0.05) is 12.1 Å². The Morgan fingerprint density at radius 2 is 1.27 bits per heavy atom. The number of aromatic hydroxyl groups is 1. The Bertz CT molecular complexity index is 3030. The van der Waals surface area contributed by atoms with Crippen LogP contribution in [0.5, 0.6) is 17.2 Å². The summed E-state index contributed by atoms with van der Waals surface area (Å²) < 4.78 is 11.9. The number of unbranched alkanes of at least 4 members (excludes halogenated alkanes) is 2. The van der Waals surface area contributed by atoms with Crippen LogP contribution in [-0.2, 0) is 64.2 Å². The third-order valence-corrected chi connectivity index (χ3v) is 12.6. The predicted molar refractivity (Wildman–Crippen MR) is 288 cm³/mol. The largest absolute Gasteiger partial charge is 0.508 e. The second-order valence-electron chi connectivity index (χ2n) is 18.6. The van der Waals surface area contributed by atoms with Crippen LogP contribution >= 0.6 is 0 Å². The molecule has 5 rings (SSSR count). The summed E-state index contributed by atoms with van der Waals surface area (Å²) in [4.78, 5) is 135. The van der Waals surface area contributed by atoms with Gasteiger partial charge in [0.25, 0.3) is 5.56 Å². The SMILES string of the molecule is COc1cc2c(C#N)cc(=O)n(CC(=O)NCCCC[C@H](NC(=O)[C@H](Cc3cnc[nH]3)NC(=O)[C@H](Cc3ccc(O)cc3)NC(=O)[C@H](CCCCN)NC(=O)[C@H](C)NC(=O)[C@@H](N)Cc3cnc[nH]3)C(=O)NCC(N)=O)c2cc1OC. The molecule has 0 fully saturated rings. The molecule has 0 spiro atoms. The highest BCUT2D eigenvalue weighted by Crippen LogP contribution is 2.33. The lowest BCUT2D eigenvalue weighted by Gasteiger charge is -2.27. The summed E-state index contributed by atoms with van der Waals surface area (Å²) in [5.41, 5.74) is 18.3. The first-order chi connectivity index (χ1) is 38.3. The molecule has 0 unspecified atom stereocenters. The summed E-state index contributed by atoms with van der Waals surface area (Å²) in [5.74, 6) is -5.61. The standard InChI is InChI=1S/C52H68N16O12/c1-29(63-48(74)36(55)18-32-23-57-27-61-32)47(73)64-38(8-4-6-14-53)50(76)66-39(16-30-10-12-34(69)13-11-30)51(77)67-40(19-33-24-58-28-62-33)52(78)65-37(49(75)60-25-44(56)70)9-5-7-15-59-45(71)26-68-41-21-43(80-3)42(79-2)20-35(41)31(22-54)17-46(68)72/h10-13,17,20-21,23-24,27-29,36-40,69H,4-9,14-16,18-19,25-26,53,55H2,1-3H3,(H2,56,70)(H,57,61)(H,58,62)(H,59,71)(H,60,75)(H,63,74)(H,64,73)(H,65,78)(H,66,76)(H,67,77)/t29-,36-,37-,38-,39-,40-/m0/s1. The number of nitrogens with one attached hydrogen (secondary N) is 9. The van der Waals surface area contributed by atoms with E-state index in [0.717, 1.165) is 6.07 Å². The van der Waals surface area contributed by atoms with E-state index in [2.05, 4.69) is 57.2 Å². The van der Waals surface area contributed by atoms with Crippen LogP contribution in [0.2, 0.25) is 0 Å². The molecule has 28 heteroatoms. The van der Waals surface area contributed by atoms with Crippen molar-refractivity contribution in [3.05, 3.63) is 100 Å². The van der Waals surface area contributed by atoms with E-state index in [9.17, 15) is 53.5 Å². The summed E-state index contributed by atoms with van der Waals surface area (Å²) in [6.45, 7) is 0.750. The number of hydrogen-bond acceptors (Lipinski definition) is 17. The van der Waals surface area contributed by atoms with E-state index in [0.29, 0.717) is 40.9 Å². The zero-order valence-corrected chi connectivity index (χ0v) is 44.5. The minimum atomic E-state index is -1.44. The summed E-state index contributed by atoms with van der Waals surface area (Å²) in [7, 11) is 2.81. The number of pyridine rings is 1. The average Bonchev–Trinajstić information content (AvgIpc) is 4.26. The van der Waals surface area contributed by atoms with Crippen LogP contribution in [-0.4, -0.2) is 147 Å². The lowest BCUT2D eigenvalue weighted by Crippen LogP contribution is -2.60. The van der Waals surface area contributed by atoms with Gasteiger partial charge in [0.15, 0.2) is 11.5 Å². The Hall–Kier alpha value is -9.36. The van der Waals surface area contributed by atoms with Crippen molar-refractivity contribution in [2.24, 2.45) is 17.2 Å². The van der Waals surface area contributed by atoms with Gasteiger partial charge < -0.3 is 79.0 Å². The number of methoxy groups -OCH3 is 2. The average molecular weight is 1110 g/mol. The van der Waals surface area contributed by atoms with Crippen LogP contribution in [0, 0.1) is 11.3 Å². The second-order valence-corrected chi connectivity index (χ2v) is 18.6. The number of H-pyrrole nitrogens is 2. The molecule has 0 radical (unpaired) electrons. The third-order valence-electron chi connectivity index (χ3n) is 12.6. The number of primary amides is 1. The van der Waals surface area contributed by atoms with Gasteiger partial charge in [-0.15, -0.1) is 0 Å². The number of aromatic nitrogens is 5. The highest BCUT2D eigenvalue weighted by Gasteiger charge is 2.33. The van der Waals surface area contributed by atoms with Crippen molar-refractivity contribution in [2.75, 3.05) is 33.9 Å². The normalized spacial score (nSPS) is 13.2. The fourth-order valence-electron chi connectivity index (χ4n) is 8.32. The molecule has 8 amide bonds. The minimum absolute atomic E-state index is 0.0463. The van der Waals surface area contributed by atoms with Gasteiger partial charge in [0.05, 0.1) is 50.5 Å². The van der Waals surface area contributed by atoms with Gasteiger partial charge in [0.1, 0.15) is 48.6 Å². The number of imidazole rings is 2. The van der Waals surface area contributed by atoms with E-state index in [1.165, 1.54) is 87.2 Å². The molecule has 16 N–H and O–H groups in total. The molecular formula is C52H68N16O12. The number of benzene rings is 2. The summed E-state index contributed by atoms with van der Waals surface area (Å²) >= 11 is 0. The quantitative estimate of drug-likeness (QED) is 0.0199. The fourth-order valence-corrected chi connectivity index (χ4v) is 8.32. The molecule has 80 heavy (non-hydrogen) atoms. The first kappa shape index (κ1) is 61.5. The molecule has 0 aliphatic carbocycles. The number of phenols is 1. The lowest BCUT2D eigenvalue weighted by atomic mass is 10.0. The van der Waals surface area contributed by atoms with Gasteiger partial charge in [0, 0.05) is 67.1 Å². The number of phenolic OH excluding ortho intramolecular Hbond substituents is 1. The Morgan fingerprint density at radius 1 is 0.713 bits per heavy atom. The Labute approximate surface area is 459 Å². The first-order valence-electron chi connectivity index (χ1n) is 25.6.